The minimum Gasteiger partial charge on any atom is -0.348 e. The summed E-state index contributed by atoms with van der Waals surface area (Å²) in [6, 6.07) is 1.36. The molecule has 2 atom stereocenters. The van der Waals surface area contributed by atoms with Crippen LogP contribution in [0.25, 0.3) is 0 Å². The zero-order valence-corrected chi connectivity index (χ0v) is 11.9. The molecule has 21 heavy (non-hydrogen) atoms. The molecule has 1 aliphatic heterocycles. The Morgan fingerprint density at radius 2 is 1.95 bits per heavy atom. The topological polar surface area (TPSA) is 41.1 Å². The van der Waals surface area contributed by atoms with Crippen LogP contribution in [-0.4, -0.2) is 24.4 Å². The van der Waals surface area contributed by atoms with Gasteiger partial charge < -0.3 is 5.32 Å². The van der Waals surface area contributed by atoms with Crippen molar-refractivity contribution in [1.82, 2.24) is 10.6 Å². The lowest BCUT2D eigenvalue weighted by Gasteiger charge is -2.18. The van der Waals surface area contributed by atoms with Crippen LogP contribution in [-0.2, 0) is 4.79 Å². The summed E-state index contributed by atoms with van der Waals surface area (Å²) >= 11 is 0. The van der Waals surface area contributed by atoms with Crippen molar-refractivity contribution in [1.29, 1.82) is 0 Å². The lowest BCUT2D eigenvalue weighted by Crippen LogP contribution is -2.41. The van der Waals surface area contributed by atoms with E-state index in [4.69, 9.17) is 0 Å². The fourth-order valence-corrected chi connectivity index (χ4v) is 2.21. The van der Waals surface area contributed by atoms with E-state index in [-0.39, 0.29) is 18.0 Å². The average molecular weight is 327 g/mol. The maximum Gasteiger partial charge on any atom is 0.262 e. The first-order valence-corrected chi connectivity index (χ1v) is 6.16. The summed E-state index contributed by atoms with van der Waals surface area (Å²) in [5.41, 5.74) is -0.286. The lowest BCUT2D eigenvalue weighted by molar-refractivity contribution is -0.124. The Hall–Kier alpha value is -1.34. The zero-order valence-electron chi connectivity index (χ0n) is 11.1. The van der Waals surface area contributed by atoms with Crippen LogP contribution in [0.2, 0.25) is 0 Å². The highest BCUT2D eigenvalue weighted by Gasteiger charge is 2.42. The van der Waals surface area contributed by atoms with Gasteiger partial charge in [0.05, 0.1) is 18.6 Å². The molecule has 0 aromatic heterocycles. The maximum atomic E-state index is 13.5. The highest BCUT2D eigenvalue weighted by molar-refractivity contribution is 5.85. The van der Waals surface area contributed by atoms with Crippen molar-refractivity contribution in [2.45, 2.75) is 31.4 Å². The van der Waals surface area contributed by atoms with Crippen LogP contribution in [0.15, 0.2) is 18.2 Å². The molecule has 3 nitrogen and oxygen atoms in total. The van der Waals surface area contributed by atoms with E-state index in [9.17, 15) is 22.4 Å². The molecule has 2 rings (SSSR count). The molecule has 118 valence electrons. The predicted molar refractivity (Wildman–Crippen MR) is 71.5 cm³/mol. The number of alkyl halides is 2. The third kappa shape index (κ3) is 4.07. The van der Waals surface area contributed by atoms with Crippen LogP contribution in [0.4, 0.5) is 17.6 Å². The Morgan fingerprint density at radius 3 is 2.43 bits per heavy atom. The van der Waals surface area contributed by atoms with Crippen molar-refractivity contribution in [3.05, 3.63) is 35.4 Å². The summed E-state index contributed by atoms with van der Waals surface area (Å²) < 4.78 is 53.0. The zero-order chi connectivity index (χ0) is 14.9. The number of hydrogen-bond acceptors (Lipinski definition) is 2. The number of hydrogen-bond donors (Lipinski definition) is 2. The first kappa shape index (κ1) is 17.7. The SMILES string of the molecule is CC(NC(=O)C1CC(F)(F)CN1)c1c(F)cccc1F.Cl. The molecule has 0 radical (unpaired) electrons. The van der Waals surface area contributed by atoms with Gasteiger partial charge in [-0.15, -0.1) is 12.4 Å². The minimum absolute atomic E-state index is 0. The molecule has 1 saturated heterocycles. The number of amides is 1. The fourth-order valence-electron chi connectivity index (χ4n) is 2.21. The smallest absolute Gasteiger partial charge is 0.262 e. The van der Waals surface area contributed by atoms with E-state index in [1.165, 1.54) is 13.0 Å². The van der Waals surface area contributed by atoms with Gasteiger partial charge in [0.2, 0.25) is 5.91 Å². The first-order valence-electron chi connectivity index (χ1n) is 6.16. The second-order valence-corrected chi connectivity index (χ2v) is 4.86. The van der Waals surface area contributed by atoms with E-state index in [1.807, 2.05) is 0 Å². The Morgan fingerprint density at radius 1 is 1.38 bits per heavy atom. The van der Waals surface area contributed by atoms with Crippen molar-refractivity contribution < 1.29 is 22.4 Å². The number of halogens is 5. The minimum atomic E-state index is -2.94. The van der Waals surface area contributed by atoms with E-state index >= 15 is 0 Å². The average Bonchev–Trinajstić information content (AvgIpc) is 2.69. The summed E-state index contributed by atoms with van der Waals surface area (Å²) in [6.07, 6.45) is -0.620. The number of nitrogens with one attached hydrogen (secondary N) is 2. The lowest BCUT2D eigenvalue weighted by atomic mass is 10.1. The Bertz CT molecular complexity index is 507. The highest BCUT2D eigenvalue weighted by Crippen LogP contribution is 2.26. The van der Waals surface area contributed by atoms with Crippen molar-refractivity contribution in [3.8, 4) is 0 Å². The van der Waals surface area contributed by atoms with Gasteiger partial charge in [0.1, 0.15) is 11.6 Å². The van der Waals surface area contributed by atoms with Crippen LogP contribution in [0.3, 0.4) is 0 Å². The number of carbonyl (C=O) groups is 1. The molecule has 2 N–H and O–H groups in total. The van der Waals surface area contributed by atoms with Crippen molar-refractivity contribution in [2.75, 3.05) is 6.54 Å². The molecule has 1 heterocycles. The van der Waals surface area contributed by atoms with Crippen LogP contribution in [0.1, 0.15) is 24.9 Å². The molecule has 0 spiro atoms. The molecular formula is C13H15ClF4N2O. The first-order chi connectivity index (χ1) is 9.30. The molecule has 1 amide bonds. The molecule has 2 unspecified atom stereocenters. The Kier molecular flexibility index (Phi) is 5.58. The van der Waals surface area contributed by atoms with Gasteiger partial charge in [-0.05, 0) is 19.1 Å². The van der Waals surface area contributed by atoms with Gasteiger partial charge in [-0.1, -0.05) is 6.07 Å². The van der Waals surface area contributed by atoms with Gasteiger partial charge in [0.15, 0.2) is 0 Å². The van der Waals surface area contributed by atoms with Gasteiger partial charge in [-0.2, -0.15) is 0 Å². The van der Waals surface area contributed by atoms with Gasteiger partial charge in [-0.25, -0.2) is 17.6 Å². The third-order valence-electron chi connectivity index (χ3n) is 3.22. The predicted octanol–water partition coefficient (Wildman–Crippen LogP) is 2.56. The van der Waals surface area contributed by atoms with Crippen LogP contribution in [0, 0.1) is 11.6 Å². The van der Waals surface area contributed by atoms with Gasteiger partial charge in [-0.3, -0.25) is 10.1 Å². The Labute approximate surface area is 125 Å². The second-order valence-electron chi connectivity index (χ2n) is 4.86. The summed E-state index contributed by atoms with van der Waals surface area (Å²) in [5, 5.41) is 4.73. The molecule has 1 aromatic rings. The molecule has 0 saturated carbocycles. The molecule has 8 heteroatoms. The fraction of sp³-hybridized carbons (Fsp3) is 0.462. The molecule has 0 bridgehead atoms. The van der Waals surface area contributed by atoms with E-state index < -0.39 is 48.5 Å². The summed E-state index contributed by atoms with van der Waals surface area (Å²) in [7, 11) is 0. The molecule has 0 aliphatic carbocycles. The van der Waals surface area contributed by atoms with Gasteiger partial charge >= 0.3 is 0 Å². The van der Waals surface area contributed by atoms with E-state index in [2.05, 4.69) is 10.6 Å². The maximum absolute atomic E-state index is 13.5. The Balaban J connectivity index is 0.00000220. The number of rotatable bonds is 3. The van der Waals surface area contributed by atoms with Crippen molar-refractivity contribution in [3.63, 3.8) is 0 Å². The largest absolute Gasteiger partial charge is 0.348 e. The quantitative estimate of drug-likeness (QED) is 0.838. The monoisotopic (exact) mass is 326 g/mol. The van der Waals surface area contributed by atoms with Gasteiger partial charge in [0.25, 0.3) is 5.92 Å². The van der Waals surface area contributed by atoms with Crippen LogP contribution >= 0.6 is 12.4 Å². The molecule has 1 aromatic carbocycles. The van der Waals surface area contributed by atoms with Crippen LogP contribution < -0.4 is 10.6 Å². The summed E-state index contributed by atoms with van der Waals surface area (Å²) in [5.74, 6) is -5.21. The van der Waals surface area contributed by atoms with E-state index in [0.29, 0.717) is 0 Å². The number of benzene rings is 1. The number of carbonyl (C=O) groups excluding carboxylic acids is 1. The van der Waals surface area contributed by atoms with Crippen molar-refractivity contribution in [2.24, 2.45) is 0 Å². The molecular weight excluding hydrogens is 312 g/mol. The summed E-state index contributed by atoms with van der Waals surface area (Å²) in [4.78, 5) is 11.8. The highest BCUT2D eigenvalue weighted by atomic mass is 35.5. The van der Waals surface area contributed by atoms with E-state index in [1.54, 1.807) is 0 Å². The van der Waals surface area contributed by atoms with Crippen molar-refractivity contribution >= 4 is 18.3 Å². The third-order valence-corrected chi connectivity index (χ3v) is 3.22. The van der Waals surface area contributed by atoms with E-state index in [0.717, 1.165) is 12.1 Å². The van der Waals surface area contributed by atoms with Crippen LogP contribution in [0.5, 0.6) is 0 Å². The molecule has 1 fully saturated rings. The van der Waals surface area contributed by atoms with Gasteiger partial charge in [0, 0.05) is 12.0 Å². The molecule has 1 aliphatic rings. The second kappa shape index (κ2) is 6.62. The standard InChI is InChI=1S/C13H14F4N2O.ClH/c1-7(11-8(14)3-2-4-9(11)15)19-12(20)10-5-13(16,17)6-18-10;/h2-4,7,10,18H,5-6H2,1H3,(H,19,20);1H. The normalized spacial score (nSPS) is 21.5. The summed E-state index contributed by atoms with van der Waals surface area (Å²) in [6.45, 7) is 0.819.